The lowest BCUT2D eigenvalue weighted by atomic mass is 10.0. The second-order valence-electron chi connectivity index (χ2n) is 6.39. The maximum absolute atomic E-state index is 12.1. The number of nitrogens with zero attached hydrogens (tertiary/aromatic N) is 2. The molecule has 0 aromatic heterocycles. The van der Waals surface area contributed by atoms with Gasteiger partial charge in [-0.3, -0.25) is 9.69 Å². The van der Waals surface area contributed by atoms with Gasteiger partial charge in [0.05, 0.1) is 0 Å². The van der Waals surface area contributed by atoms with Gasteiger partial charge in [0.2, 0.25) is 0 Å². The summed E-state index contributed by atoms with van der Waals surface area (Å²) in [5.41, 5.74) is -0.746. The van der Waals surface area contributed by atoms with E-state index in [1.807, 2.05) is 0 Å². The summed E-state index contributed by atoms with van der Waals surface area (Å²) in [6.07, 6.45) is 3.71. The van der Waals surface area contributed by atoms with Crippen LogP contribution in [0.3, 0.4) is 0 Å². The summed E-state index contributed by atoms with van der Waals surface area (Å²) in [6.45, 7) is 9.25. The first-order valence-electron chi connectivity index (χ1n) is 7.26. The number of hydrogen-bond acceptors (Lipinski definition) is 3. The van der Waals surface area contributed by atoms with Gasteiger partial charge in [0.15, 0.2) is 0 Å². The van der Waals surface area contributed by atoms with Crippen molar-refractivity contribution in [2.45, 2.75) is 45.6 Å². The van der Waals surface area contributed by atoms with Gasteiger partial charge in [0, 0.05) is 13.1 Å². The normalized spacial score (nSPS) is 28.4. The van der Waals surface area contributed by atoms with E-state index in [1.165, 1.54) is 24.2 Å². The van der Waals surface area contributed by atoms with Crippen LogP contribution in [0.5, 0.6) is 0 Å². The number of carbonyl (C=O) groups is 2. The van der Waals surface area contributed by atoms with E-state index in [-0.39, 0.29) is 11.9 Å². The number of nitrogens with one attached hydrogen (secondary N) is 1. The summed E-state index contributed by atoms with van der Waals surface area (Å²) in [4.78, 5) is 27.5. The Morgan fingerprint density at radius 3 is 2.58 bits per heavy atom. The zero-order valence-corrected chi connectivity index (χ0v) is 12.2. The Kier molecular flexibility index (Phi) is 4.13. The Labute approximate surface area is 115 Å². The fourth-order valence-electron chi connectivity index (χ4n) is 2.81. The summed E-state index contributed by atoms with van der Waals surface area (Å²) in [7, 11) is 0. The standard InChI is InChI=1S/C14H25N3O2/c1-11-5-4-7-16(8-6-11)9-10-17-12(18)14(2,3)15-13(17)19/h11H,4-10H2,1-3H3,(H,15,19). The molecule has 108 valence electrons. The molecule has 1 unspecified atom stereocenters. The lowest BCUT2D eigenvalue weighted by molar-refractivity contribution is -0.130. The summed E-state index contributed by atoms with van der Waals surface area (Å²) in [5.74, 6) is 0.682. The third kappa shape index (κ3) is 3.26. The van der Waals surface area contributed by atoms with E-state index < -0.39 is 5.54 Å². The fraction of sp³-hybridized carbons (Fsp3) is 0.857. The third-order valence-electron chi connectivity index (χ3n) is 4.19. The first kappa shape index (κ1) is 14.3. The van der Waals surface area contributed by atoms with Crippen LogP contribution in [0, 0.1) is 5.92 Å². The van der Waals surface area contributed by atoms with Crippen molar-refractivity contribution in [2.24, 2.45) is 5.92 Å². The highest BCUT2D eigenvalue weighted by atomic mass is 16.2. The van der Waals surface area contributed by atoms with E-state index in [0.717, 1.165) is 25.6 Å². The topological polar surface area (TPSA) is 52.6 Å². The molecule has 1 atom stereocenters. The van der Waals surface area contributed by atoms with E-state index in [9.17, 15) is 9.59 Å². The van der Waals surface area contributed by atoms with Crippen LogP contribution in [-0.2, 0) is 4.79 Å². The number of urea groups is 1. The minimum Gasteiger partial charge on any atom is -0.324 e. The van der Waals surface area contributed by atoms with E-state index >= 15 is 0 Å². The van der Waals surface area contributed by atoms with Gasteiger partial charge < -0.3 is 10.2 Å². The Balaban J connectivity index is 1.85. The zero-order chi connectivity index (χ0) is 14.0. The summed E-state index contributed by atoms with van der Waals surface area (Å²) < 4.78 is 0. The Morgan fingerprint density at radius 2 is 1.95 bits per heavy atom. The van der Waals surface area contributed by atoms with Crippen LogP contribution in [0.15, 0.2) is 0 Å². The predicted molar refractivity (Wildman–Crippen MR) is 73.8 cm³/mol. The number of imide groups is 1. The van der Waals surface area contributed by atoms with Crippen molar-refractivity contribution in [2.75, 3.05) is 26.2 Å². The molecular weight excluding hydrogens is 242 g/mol. The highest BCUT2D eigenvalue weighted by Crippen LogP contribution is 2.18. The van der Waals surface area contributed by atoms with Crippen molar-refractivity contribution in [1.29, 1.82) is 0 Å². The SMILES string of the molecule is CC1CCCN(CCN2C(=O)NC(C)(C)C2=O)CC1. The zero-order valence-electron chi connectivity index (χ0n) is 12.2. The van der Waals surface area contributed by atoms with Gasteiger partial charge in [0.25, 0.3) is 5.91 Å². The molecule has 2 rings (SSSR count). The maximum atomic E-state index is 12.1. The van der Waals surface area contributed by atoms with Crippen LogP contribution in [-0.4, -0.2) is 53.5 Å². The van der Waals surface area contributed by atoms with E-state index in [0.29, 0.717) is 6.54 Å². The summed E-state index contributed by atoms with van der Waals surface area (Å²) in [6, 6.07) is -0.252. The molecule has 3 amide bonds. The average Bonchev–Trinajstić information content (AvgIpc) is 2.49. The van der Waals surface area contributed by atoms with Gasteiger partial charge in [-0.15, -0.1) is 0 Å². The number of hydrogen-bond donors (Lipinski definition) is 1. The van der Waals surface area contributed by atoms with E-state index in [4.69, 9.17) is 0 Å². The molecule has 2 fully saturated rings. The molecule has 2 saturated heterocycles. The Morgan fingerprint density at radius 1 is 1.21 bits per heavy atom. The molecule has 0 radical (unpaired) electrons. The molecule has 0 aromatic carbocycles. The number of carbonyl (C=O) groups excluding carboxylic acids is 2. The van der Waals surface area contributed by atoms with E-state index in [1.54, 1.807) is 13.8 Å². The molecular formula is C14H25N3O2. The molecule has 0 saturated carbocycles. The minimum absolute atomic E-state index is 0.110. The average molecular weight is 267 g/mol. The van der Waals surface area contributed by atoms with Gasteiger partial charge >= 0.3 is 6.03 Å². The van der Waals surface area contributed by atoms with Crippen LogP contribution in [0.2, 0.25) is 0 Å². The highest BCUT2D eigenvalue weighted by molar-refractivity contribution is 6.06. The third-order valence-corrected chi connectivity index (χ3v) is 4.19. The molecule has 19 heavy (non-hydrogen) atoms. The van der Waals surface area contributed by atoms with Crippen LogP contribution in [0.1, 0.15) is 40.0 Å². The van der Waals surface area contributed by atoms with Gasteiger partial charge in [-0.2, -0.15) is 0 Å². The first-order chi connectivity index (χ1) is 8.90. The smallest absolute Gasteiger partial charge is 0.324 e. The minimum atomic E-state index is -0.746. The predicted octanol–water partition coefficient (Wildman–Crippen LogP) is 1.44. The molecule has 5 nitrogen and oxygen atoms in total. The van der Waals surface area contributed by atoms with Crippen LogP contribution in [0.4, 0.5) is 4.79 Å². The number of rotatable bonds is 3. The van der Waals surface area contributed by atoms with Crippen molar-refractivity contribution in [1.82, 2.24) is 15.1 Å². The largest absolute Gasteiger partial charge is 0.325 e. The molecule has 1 N–H and O–H groups in total. The Hall–Kier alpha value is -1.10. The van der Waals surface area contributed by atoms with Gasteiger partial charge in [-0.05, 0) is 52.1 Å². The summed E-state index contributed by atoms with van der Waals surface area (Å²) >= 11 is 0. The number of likely N-dealkylation sites (tertiary alicyclic amines) is 1. The monoisotopic (exact) mass is 267 g/mol. The van der Waals surface area contributed by atoms with Crippen molar-refractivity contribution >= 4 is 11.9 Å². The molecule has 2 aliphatic rings. The van der Waals surface area contributed by atoms with Gasteiger partial charge in [0.1, 0.15) is 5.54 Å². The molecule has 2 aliphatic heterocycles. The van der Waals surface area contributed by atoms with Crippen molar-refractivity contribution < 1.29 is 9.59 Å². The van der Waals surface area contributed by atoms with Crippen LogP contribution < -0.4 is 5.32 Å². The lowest BCUT2D eigenvalue weighted by Crippen LogP contribution is -2.42. The van der Waals surface area contributed by atoms with Crippen molar-refractivity contribution in [3.05, 3.63) is 0 Å². The Bertz CT molecular complexity index is 368. The lowest BCUT2D eigenvalue weighted by Gasteiger charge is -2.23. The maximum Gasteiger partial charge on any atom is 0.325 e. The van der Waals surface area contributed by atoms with Gasteiger partial charge in [-0.1, -0.05) is 6.92 Å². The number of amides is 3. The van der Waals surface area contributed by atoms with Crippen molar-refractivity contribution in [3.63, 3.8) is 0 Å². The molecule has 5 heteroatoms. The molecule has 0 spiro atoms. The summed E-state index contributed by atoms with van der Waals surface area (Å²) in [5, 5.41) is 2.72. The molecule has 2 heterocycles. The second-order valence-corrected chi connectivity index (χ2v) is 6.39. The van der Waals surface area contributed by atoms with E-state index in [2.05, 4.69) is 17.1 Å². The molecule has 0 aliphatic carbocycles. The first-order valence-corrected chi connectivity index (χ1v) is 7.26. The molecule has 0 aromatic rings. The quantitative estimate of drug-likeness (QED) is 0.787. The fourth-order valence-corrected chi connectivity index (χ4v) is 2.81. The van der Waals surface area contributed by atoms with Crippen LogP contribution >= 0.6 is 0 Å². The highest BCUT2D eigenvalue weighted by Gasteiger charge is 2.43. The second kappa shape index (κ2) is 5.49. The molecule has 0 bridgehead atoms. The van der Waals surface area contributed by atoms with Crippen LogP contribution in [0.25, 0.3) is 0 Å². The van der Waals surface area contributed by atoms with Crippen molar-refractivity contribution in [3.8, 4) is 0 Å². The van der Waals surface area contributed by atoms with Gasteiger partial charge in [-0.25, -0.2) is 4.79 Å².